The smallest absolute Gasteiger partial charge is 0.157 e. The summed E-state index contributed by atoms with van der Waals surface area (Å²) in [5.74, 6) is 1.42. The summed E-state index contributed by atoms with van der Waals surface area (Å²) in [6.45, 7) is 8.92. The van der Waals surface area contributed by atoms with E-state index in [1.807, 2.05) is 18.2 Å². The molecule has 2 aromatic rings. The van der Waals surface area contributed by atoms with Crippen LogP contribution in [0.15, 0.2) is 54.6 Å². The van der Waals surface area contributed by atoms with Crippen molar-refractivity contribution in [2.75, 3.05) is 39.3 Å². The fourth-order valence-corrected chi connectivity index (χ4v) is 7.06. The number of quaternary nitrogens is 1. The highest BCUT2D eigenvalue weighted by Crippen LogP contribution is 2.42. The van der Waals surface area contributed by atoms with Gasteiger partial charge in [0.15, 0.2) is 5.78 Å². The van der Waals surface area contributed by atoms with E-state index >= 15 is 0 Å². The number of fused-ring (bicyclic) bond motifs is 3. The third-order valence-electron chi connectivity index (χ3n) is 9.34. The van der Waals surface area contributed by atoms with Crippen molar-refractivity contribution in [2.24, 2.45) is 11.8 Å². The number of likely N-dealkylation sites (tertiary alicyclic amines) is 1. The maximum atomic E-state index is 14.1. The van der Waals surface area contributed by atoms with Crippen LogP contribution < -0.4 is 0 Å². The normalized spacial score (nSPS) is 29.0. The van der Waals surface area contributed by atoms with Crippen LogP contribution in [0.25, 0.3) is 0 Å². The first-order valence-electron chi connectivity index (χ1n) is 13.4. The number of Topliss-reactive ketones (excluding diaryl/α,β-unsaturated/α-hetero) is 1. The number of hydrogen-bond donors (Lipinski definition) is 0. The summed E-state index contributed by atoms with van der Waals surface area (Å²) < 4.78 is 14.5. The van der Waals surface area contributed by atoms with Crippen LogP contribution in [0, 0.1) is 17.7 Å². The molecule has 4 saturated heterocycles. The lowest BCUT2D eigenvalue weighted by atomic mass is 9.72. The van der Waals surface area contributed by atoms with Gasteiger partial charge in [-0.25, -0.2) is 4.39 Å². The molecule has 0 aliphatic carbocycles. The van der Waals surface area contributed by atoms with E-state index in [9.17, 15) is 9.18 Å². The molecule has 2 atom stereocenters. The van der Waals surface area contributed by atoms with Crippen LogP contribution in [0.3, 0.4) is 0 Å². The molecule has 182 valence electrons. The monoisotopic (exact) mass is 463 g/mol. The SMILES string of the molecule is CC(C(=O)CC1C[N+]2(CCc3ccc(F)cc3)CCC1CC2)(c1ccccc1)N1CCCCC1. The Kier molecular flexibility index (Phi) is 6.90. The van der Waals surface area contributed by atoms with Gasteiger partial charge < -0.3 is 4.48 Å². The number of carbonyl (C=O) groups is 1. The standard InChI is InChI=1S/C30H40FN2O/c1-30(27-8-4-2-5-9-27,32-17-6-3-7-18-32)29(34)22-26-23-33(20-15-25(26)16-21-33)19-14-24-10-12-28(31)13-11-24/h2,4-5,8-13,25-26H,3,6-7,14-23H2,1H3/q+1. The minimum Gasteiger partial charge on any atom is -0.323 e. The molecule has 2 unspecified atom stereocenters. The van der Waals surface area contributed by atoms with Crippen molar-refractivity contribution < 1.29 is 13.7 Å². The lowest BCUT2D eigenvalue weighted by Crippen LogP contribution is -2.63. The predicted molar refractivity (Wildman–Crippen MR) is 135 cm³/mol. The molecule has 4 heterocycles. The van der Waals surface area contributed by atoms with Gasteiger partial charge in [-0.3, -0.25) is 9.69 Å². The number of halogens is 1. The Labute approximate surface area is 204 Å². The number of nitrogens with zero attached hydrogens (tertiary/aromatic N) is 2. The van der Waals surface area contributed by atoms with Crippen LogP contribution in [0.5, 0.6) is 0 Å². The van der Waals surface area contributed by atoms with Crippen LogP contribution in [0.4, 0.5) is 4.39 Å². The average molecular weight is 464 g/mol. The molecule has 0 amide bonds. The summed E-state index contributed by atoms with van der Waals surface area (Å²) in [7, 11) is 0. The fourth-order valence-electron chi connectivity index (χ4n) is 7.06. The van der Waals surface area contributed by atoms with Gasteiger partial charge in [0.25, 0.3) is 0 Å². The maximum absolute atomic E-state index is 14.1. The van der Waals surface area contributed by atoms with Gasteiger partial charge in [0.1, 0.15) is 11.4 Å². The minimum absolute atomic E-state index is 0.164. The van der Waals surface area contributed by atoms with Crippen molar-refractivity contribution in [3.8, 4) is 0 Å². The first kappa shape index (κ1) is 23.7. The van der Waals surface area contributed by atoms with E-state index in [0.29, 0.717) is 24.0 Å². The average Bonchev–Trinajstić information content (AvgIpc) is 2.89. The highest BCUT2D eigenvalue weighted by atomic mass is 19.1. The van der Waals surface area contributed by atoms with Gasteiger partial charge in [-0.05, 0) is 62.0 Å². The van der Waals surface area contributed by atoms with Gasteiger partial charge >= 0.3 is 0 Å². The number of piperidine rings is 4. The van der Waals surface area contributed by atoms with E-state index in [2.05, 4.69) is 36.1 Å². The van der Waals surface area contributed by atoms with Crippen molar-refractivity contribution in [3.63, 3.8) is 0 Å². The molecule has 0 radical (unpaired) electrons. The summed E-state index contributed by atoms with van der Waals surface area (Å²) in [6.07, 6.45) is 7.81. The summed E-state index contributed by atoms with van der Waals surface area (Å²) in [5, 5.41) is 0. The van der Waals surface area contributed by atoms with Crippen LogP contribution in [0.1, 0.15) is 56.6 Å². The highest BCUT2D eigenvalue weighted by Gasteiger charge is 2.49. The molecule has 2 bridgehead atoms. The fraction of sp³-hybridized carbons (Fsp3) is 0.567. The second kappa shape index (κ2) is 9.91. The molecule has 4 heteroatoms. The molecule has 34 heavy (non-hydrogen) atoms. The molecule has 4 aliphatic rings. The number of benzene rings is 2. The van der Waals surface area contributed by atoms with Crippen LogP contribution in [-0.2, 0) is 16.8 Å². The molecule has 0 saturated carbocycles. The minimum atomic E-state index is -0.521. The van der Waals surface area contributed by atoms with Crippen LogP contribution in [-0.4, -0.2) is 54.4 Å². The Balaban J connectivity index is 1.31. The van der Waals surface area contributed by atoms with Gasteiger partial charge in [-0.2, -0.15) is 0 Å². The largest absolute Gasteiger partial charge is 0.323 e. The quantitative estimate of drug-likeness (QED) is 0.476. The van der Waals surface area contributed by atoms with Crippen molar-refractivity contribution >= 4 is 5.78 Å². The van der Waals surface area contributed by atoms with E-state index in [4.69, 9.17) is 0 Å². The third-order valence-corrected chi connectivity index (χ3v) is 9.34. The zero-order valence-electron chi connectivity index (χ0n) is 20.7. The second-order valence-corrected chi connectivity index (χ2v) is 11.3. The lowest BCUT2D eigenvalue weighted by Gasteiger charge is -2.53. The van der Waals surface area contributed by atoms with Gasteiger partial charge in [0, 0.05) is 31.6 Å². The van der Waals surface area contributed by atoms with Crippen molar-refractivity contribution in [1.29, 1.82) is 0 Å². The van der Waals surface area contributed by atoms with Gasteiger partial charge in [0.2, 0.25) is 0 Å². The molecular weight excluding hydrogens is 423 g/mol. The Morgan fingerprint density at radius 3 is 2.35 bits per heavy atom. The van der Waals surface area contributed by atoms with Crippen LogP contribution in [0.2, 0.25) is 0 Å². The summed E-state index contributed by atoms with van der Waals surface area (Å²) >= 11 is 0. The molecule has 0 spiro atoms. The zero-order chi connectivity index (χ0) is 23.6. The number of carbonyl (C=O) groups excluding carboxylic acids is 1. The maximum Gasteiger partial charge on any atom is 0.157 e. The van der Waals surface area contributed by atoms with E-state index in [0.717, 1.165) is 42.6 Å². The van der Waals surface area contributed by atoms with E-state index in [-0.39, 0.29) is 5.82 Å². The number of ketones is 1. The van der Waals surface area contributed by atoms with Crippen molar-refractivity contribution in [2.45, 2.75) is 57.4 Å². The molecule has 0 aromatic heterocycles. The molecule has 2 aromatic carbocycles. The van der Waals surface area contributed by atoms with E-state index in [1.54, 1.807) is 12.1 Å². The molecule has 0 N–H and O–H groups in total. The lowest BCUT2D eigenvalue weighted by molar-refractivity contribution is -0.946. The highest BCUT2D eigenvalue weighted by molar-refractivity contribution is 5.89. The summed E-state index contributed by atoms with van der Waals surface area (Å²) in [6, 6.07) is 17.5. The molecule has 4 fully saturated rings. The van der Waals surface area contributed by atoms with Crippen molar-refractivity contribution in [3.05, 3.63) is 71.5 Å². The molecular formula is C30H40FN2O+. The molecule has 4 aliphatic heterocycles. The molecule has 3 nitrogen and oxygen atoms in total. The van der Waals surface area contributed by atoms with Crippen molar-refractivity contribution in [1.82, 2.24) is 4.90 Å². The number of hydrogen-bond acceptors (Lipinski definition) is 2. The Morgan fingerprint density at radius 2 is 1.68 bits per heavy atom. The van der Waals surface area contributed by atoms with Gasteiger partial charge in [0.05, 0.1) is 26.2 Å². The summed E-state index contributed by atoms with van der Waals surface area (Å²) in [5.41, 5.74) is 1.85. The zero-order valence-corrected chi connectivity index (χ0v) is 20.7. The van der Waals surface area contributed by atoms with Gasteiger partial charge in [-0.1, -0.05) is 48.9 Å². The third kappa shape index (κ3) is 4.72. The Morgan fingerprint density at radius 1 is 1.00 bits per heavy atom. The Hall–Kier alpha value is -2.04. The predicted octanol–water partition coefficient (Wildman–Crippen LogP) is 5.59. The van der Waals surface area contributed by atoms with Gasteiger partial charge in [-0.15, -0.1) is 0 Å². The molecule has 6 rings (SSSR count). The topological polar surface area (TPSA) is 20.3 Å². The summed E-state index contributed by atoms with van der Waals surface area (Å²) in [4.78, 5) is 16.6. The number of rotatable bonds is 8. The first-order valence-corrected chi connectivity index (χ1v) is 13.4. The second-order valence-electron chi connectivity index (χ2n) is 11.3. The first-order chi connectivity index (χ1) is 16.5. The van der Waals surface area contributed by atoms with Crippen LogP contribution >= 0.6 is 0 Å². The Bertz CT molecular complexity index is 961. The van der Waals surface area contributed by atoms with E-state index in [1.165, 1.54) is 50.8 Å². The van der Waals surface area contributed by atoms with E-state index < -0.39 is 5.54 Å².